The Hall–Kier alpha value is 2.54. The first-order valence-corrected chi connectivity index (χ1v) is 0. The van der Waals surface area contributed by atoms with Crippen molar-refractivity contribution in [1.82, 2.24) is 0 Å². The van der Waals surface area contributed by atoms with Crippen LogP contribution in [0.3, 0.4) is 0 Å². The molecule has 24 valence electrons. The maximum atomic E-state index is 0. The topological polar surface area (TPSA) is 0 Å². The first-order chi connectivity index (χ1) is 0. The normalized spacial score (nSPS) is 0. The van der Waals surface area contributed by atoms with Gasteiger partial charge >= 0.3 is 0 Å². The van der Waals surface area contributed by atoms with Crippen molar-refractivity contribution < 1.29 is 16.5 Å². The van der Waals surface area contributed by atoms with E-state index in [0.717, 1.165) is 0 Å². The van der Waals surface area contributed by atoms with E-state index in [1.807, 2.05) is 0 Å². The summed E-state index contributed by atoms with van der Waals surface area (Å²) in [5, 5.41) is 0. The molecule has 0 amide bonds. The molecule has 0 nitrogen and oxygen atoms in total. The summed E-state index contributed by atoms with van der Waals surface area (Å²) in [7, 11) is 0. The molecule has 0 heterocycles. The summed E-state index contributed by atoms with van der Waals surface area (Å²) in [6, 6.07) is 0. The second-order valence-electron chi connectivity index (χ2n) is 0. The zero-order valence-corrected chi connectivity index (χ0v) is 9.00. The van der Waals surface area contributed by atoms with Gasteiger partial charge in [-0.3, -0.25) is 0 Å². The quantitative estimate of drug-likeness (QED) is 0.437. The Labute approximate surface area is 73.8 Å². The molecular formula is NiPSbSn. The monoisotopic (exact) mass is 330 g/mol. The molecule has 0 rings (SSSR count). The maximum absolute atomic E-state index is 0. The van der Waals surface area contributed by atoms with Crippen LogP contribution in [0.15, 0.2) is 0 Å². The van der Waals surface area contributed by atoms with Gasteiger partial charge in [-0.25, -0.2) is 0 Å². The van der Waals surface area contributed by atoms with E-state index in [4.69, 9.17) is 0 Å². The van der Waals surface area contributed by atoms with Crippen molar-refractivity contribution in [1.29, 1.82) is 0 Å². The molecule has 0 aromatic heterocycles. The largest absolute Gasteiger partial charge is 0 e. The van der Waals surface area contributed by atoms with E-state index in [0.29, 0.717) is 0 Å². The Morgan fingerprint density at radius 3 is 1.00 bits per heavy atom. The van der Waals surface area contributed by atoms with Crippen LogP contribution in [0.2, 0.25) is 0 Å². The molecule has 0 atom stereocenters. The number of hydrogen-bond donors (Lipinski definition) is 0. The van der Waals surface area contributed by atoms with Crippen molar-refractivity contribution >= 4 is 58.2 Å². The van der Waals surface area contributed by atoms with Gasteiger partial charge in [0.1, 0.15) is 0 Å². The first kappa shape index (κ1) is 31.1. The average molecular weight is 330 g/mol. The second-order valence-corrected chi connectivity index (χ2v) is 0. The van der Waals surface area contributed by atoms with E-state index in [1.165, 1.54) is 0 Å². The molecule has 0 bridgehead atoms. The van der Waals surface area contributed by atoms with E-state index < -0.39 is 0 Å². The van der Waals surface area contributed by atoms with E-state index in [1.54, 1.807) is 0 Å². The molecule has 0 aliphatic heterocycles. The average Bonchev–Trinajstić information content (AvgIpc) is 0. The van der Waals surface area contributed by atoms with E-state index in [-0.39, 0.29) is 74.7 Å². The Bertz CT molecular complexity index is 8.00. The zero-order chi connectivity index (χ0) is 0. The molecule has 0 spiro atoms. The molecule has 0 aromatic carbocycles. The summed E-state index contributed by atoms with van der Waals surface area (Å²) in [6.07, 6.45) is 0. The van der Waals surface area contributed by atoms with Crippen LogP contribution in [-0.4, -0.2) is 48.3 Å². The molecule has 0 aliphatic rings. The molecule has 0 aromatic rings. The summed E-state index contributed by atoms with van der Waals surface area (Å²) >= 11 is 0. The van der Waals surface area contributed by atoms with Gasteiger partial charge in [0.2, 0.25) is 0 Å². The minimum Gasteiger partial charge on any atom is 0 e. The fourth-order valence-corrected chi connectivity index (χ4v) is 0. The van der Waals surface area contributed by atoms with Crippen LogP contribution in [0.1, 0.15) is 0 Å². The molecule has 0 saturated carbocycles. The molecule has 0 aliphatic carbocycles. The van der Waals surface area contributed by atoms with Crippen LogP contribution in [-0.2, 0) is 16.5 Å². The SMILES string of the molecule is [Ni].[P].[Sb].[Sn]. The van der Waals surface area contributed by atoms with E-state index in [9.17, 15) is 0 Å². The van der Waals surface area contributed by atoms with Gasteiger partial charge in [0.15, 0.2) is 0 Å². The predicted molar refractivity (Wildman–Crippen MR) is 18.4 cm³/mol. The Kier molecular flexibility index (Phi) is 138. The van der Waals surface area contributed by atoms with Gasteiger partial charge in [-0.1, -0.05) is 0 Å². The molecule has 0 saturated heterocycles. The van der Waals surface area contributed by atoms with Crippen LogP contribution in [0.5, 0.6) is 0 Å². The summed E-state index contributed by atoms with van der Waals surface area (Å²) in [4.78, 5) is 0. The van der Waals surface area contributed by atoms with Crippen LogP contribution < -0.4 is 0 Å². The molecule has 10 radical (unpaired) electrons. The Balaban J connectivity index is 0. The van der Waals surface area contributed by atoms with Gasteiger partial charge in [0.05, 0.1) is 0 Å². The van der Waals surface area contributed by atoms with Crippen molar-refractivity contribution in [3.05, 3.63) is 0 Å². The van der Waals surface area contributed by atoms with Gasteiger partial charge in [-0.05, 0) is 0 Å². The molecule has 0 unspecified atom stereocenters. The second kappa shape index (κ2) is 17.7. The van der Waals surface area contributed by atoms with Crippen molar-refractivity contribution in [2.45, 2.75) is 0 Å². The standard InChI is InChI=1S/Ni.P.Sb.Sn. The van der Waals surface area contributed by atoms with Crippen molar-refractivity contribution in [2.75, 3.05) is 0 Å². The molecule has 0 fully saturated rings. The third-order valence-electron chi connectivity index (χ3n) is 0. The van der Waals surface area contributed by atoms with Gasteiger partial charge in [0.25, 0.3) is 0 Å². The van der Waals surface area contributed by atoms with Crippen molar-refractivity contribution in [2.24, 2.45) is 0 Å². The fraction of sp³-hybridized carbons (Fsp3) is 0. The van der Waals surface area contributed by atoms with Crippen LogP contribution in [0.25, 0.3) is 0 Å². The van der Waals surface area contributed by atoms with Crippen molar-refractivity contribution in [3.8, 4) is 0 Å². The zero-order valence-electron chi connectivity index (χ0n) is 1.71. The van der Waals surface area contributed by atoms with Crippen LogP contribution in [0.4, 0.5) is 0 Å². The molecule has 0 N–H and O–H groups in total. The van der Waals surface area contributed by atoms with Gasteiger partial charge in [-0.15, -0.1) is 0 Å². The summed E-state index contributed by atoms with van der Waals surface area (Å²) in [5.41, 5.74) is 0. The van der Waals surface area contributed by atoms with Crippen molar-refractivity contribution in [3.63, 3.8) is 0 Å². The number of hydrogen-bond acceptors (Lipinski definition) is 0. The predicted octanol–water partition coefficient (Wildman–Crippen LogP) is 0.0971. The molecule has 4 heteroatoms. The van der Waals surface area contributed by atoms with Gasteiger partial charge in [0, 0.05) is 74.7 Å². The number of rotatable bonds is 0. The maximum Gasteiger partial charge on any atom is 0 e. The molecule has 4 heavy (non-hydrogen) atoms. The van der Waals surface area contributed by atoms with Crippen LogP contribution in [0, 0.1) is 0 Å². The molecular weight excluding hydrogens is 330 g/mol. The Morgan fingerprint density at radius 2 is 1.00 bits per heavy atom. The third-order valence-corrected chi connectivity index (χ3v) is 0. The van der Waals surface area contributed by atoms with Gasteiger partial charge < -0.3 is 0 Å². The van der Waals surface area contributed by atoms with E-state index in [2.05, 4.69) is 0 Å². The summed E-state index contributed by atoms with van der Waals surface area (Å²) in [6.45, 7) is 0. The van der Waals surface area contributed by atoms with Crippen LogP contribution >= 0.6 is 9.90 Å². The first-order valence-electron chi connectivity index (χ1n) is 0. The third kappa shape index (κ3) is 8.82. The smallest absolute Gasteiger partial charge is 0 e. The fourth-order valence-electron chi connectivity index (χ4n) is 0. The minimum absolute atomic E-state index is 0. The Morgan fingerprint density at radius 1 is 1.00 bits per heavy atom. The van der Waals surface area contributed by atoms with E-state index >= 15 is 0 Å². The summed E-state index contributed by atoms with van der Waals surface area (Å²) in [5.74, 6) is 0. The summed E-state index contributed by atoms with van der Waals surface area (Å²) < 4.78 is 0. The minimum atomic E-state index is 0. The van der Waals surface area contributed by atoms with Gasteiger partial charge in [-0.2, -0.15) is 0 Å².